The molecule has 3 aromatic rings. The van der Waals surface area contributed by atoms with Crippen molar-refractivity contribution in [3.8, 4) is 28.8 Å². The Morgan fingerprint density at radius 3 is 2.60 bits per heavy atom. The highest BCUT2D eigenvalue weighted by Crippen LogP contribution is 2.25. The van der Waals surface area contributed by atoms with E-state index in [1.165, 1.54) is 0 Å². The van der Waals surface area contributed by atoms with E-state index in [4.69, 9.17) is 9.47 Å². The maximum absolute atomic E-state index is 9.23. The van der Waals surface area contributed by atoms with Gasteiger partial charge in [0.1, 0.15) is 23.4 Å². The molecule has 2 aromatic heterocycles. The topological polar surface area (TPSA) is 80.9 Å². The third-order valence-electron chi connectivity index (χ3n) is 3.69. The van der Waals surface area contributed by atoms with E-state index in [1.807, 2.05) is 24.3 Å². The lowest BCUT2D eigenvalue weighted by Crippen LogP contribution is -2.00. The summed E-state index contributed by atoms with van der Waals surface area (Å²) in [4.78, 5) is 13.2. The Morgan fingerprint density at radius 1 is 1.04 bits per heavy atom. The van der Waals surface area contributed by atoms with E-state index in [1.54, 1.807) is 38.7 Å². The Labute approximate surface area is 145 Å². The number of hydrogen-bond donors (Lipinski definition) is 0. The maximum atomic E-state index is 9.23. The summed E-state index contributed by atoms with van der Waals surface area (Å²) < 4.78 is 10.3. The Morgan fingerprint density at radius 2 is 1.92 bits per heavy atom. The first-order valence-corrected chi connectivity index (χ1v) is 7.63. The molecular weight excluding hydrogens is 316 g/mol. The molecule has 0 unspecified atom stereocenters. The summed E-state index contributed by atoms with van der Waals surface area (Å²) in [7, 11) is 3.15. The van der Waals surface area contributed by atoms with Gasteiger partial charge in [0.15, 0.2) is 0 Å². The number of rotatable bonds is 5. The normalized spacial score (nSPS) is 10.1. The van der Waals surface area contributed by atoms with Crippen LogP contribution in [0.5, 0.6) is 11.5 Å². The van der Waals surface area contributed by atoms with Gasteiger partial charge < -0.3 is 9.47 Å². The minimum atomic E-state index is 0.469. The molecule has 0 fully saturated rings. The molecule has 124 valence electrons. The van der Waals surface area contributed by atoms with Crippen LogP contribution >= 0.6 is 0 Å². The maximum Gasteiger partial charge on any atom is 0.137 e. The summed E-state index contributed by atoms with van der Waals surface area (Å²) in [6.45, 7) is 0. The number of benzene rings is 1. The molecule has 0 aliphatic rings. The zero-order chi connectivity index (χ0) is 17.6. The lowest BCUT2D eigenvalue weighted by Gasteiger charge is -2.07. The van der Waals surface area contributed by atoms with Crippen LogP contribution in [-0.2, 0) is 6.42 Å². The predicted octanol–water partition coefficient (Wildman–Crippen LogP) is 3.02. The average Bonchev–Trinajstić information content (AvgIpc) is 2.68. The second-order valence-electron chi connectivity index (χ2n) is 5.25. The molecule has 0 aliphatic heterocycles. The van der Waals surface area contributed by atoms with Crippen LogP contribution in [0, 0.1) is 11.3 Å². The van der Waals surface area contributed by atoms with E-state index < -0.39 is 0 Å². The van der Waals surface area contributed by atoms with Gasteiger partial charge in [0, 0.05) is 17.5 Å². The average molecular weight is 332 g/mol. The van der Waals surface area contributed by atoms with E-state index in [0.717, 1.165) is 17.0 Å². The Bertz CT molecular complexity index is 917. The molecule has 0 saturated heterocycles. The minimum Gasteiger partial charge on any atom is -0.495 e. The molecule has 0 saturated carbocycles. The van der Waals surface area contributed by atoms with E-state index in [-0.39, 0.29) is 0 Å². The van der Waals surface area contributed by atoms with E-state index in [0.29, 0.717) is 29.3 Å². The molecule has 6 heteroatoms. The number of nitrogens with zero attached hydrogens (tertiary/aromatic N) is 4. The van der Waals surface area contributed by atoms with Gasteiger partial charge in [-0.25, -0.2) is 9.97 Å². The Balaban J connectivity index is 1.87. The number of nitriles is 1. The molecule has 3 rings (SSSR count). The number of ether oxygens (including phenoxy) is 2. The van der Waals surface area contributed by atoms with Crippen molar-refractivity contribution >= 4 is 0 Å². The van der Waals surface area contributed by atoms with Crippen molar-refractivity contribution in [3.05, 3.63) is 65.9 Å². The van der Waals surface area contributed by atoms with Crippen LogP contribution in [0.4, 0.5) is 0 Å². The van der Waals surface area contributed by atoms with Crippen molar-refractivity contribution in [2.45, 2.75) is 6.42 Å². The lowest BCUT2D eigenvalue weighted by atomic mass is 10.1. The van der Waals surface area contributed by atoms with Gasteiger partial charge in [-0.2, -0.15) is 5.26 Å². The zero-order valence-corrected chi connectivity index (χ0v) is 13.9. The molecular formula is C19H16N4O2. The largest absolute Gasteiger partial charge is 0.495 e. The third kappa shape index (κ3) is 3.72. The van der Waals surface area contributed by atoms with Gasteiger partial charge in [-0.15, -0.1) is 0 Å². The van der Waals surface area contributed by atoms with Crippen LogP contribution in [0.25, 0.3) is 11.3 Å². The van der Waals surface area contributed by atoms with E-state index in [9.17, 15) is 5.26 Å². The van der Waals surface area contributed by atoms with Crippen LogP contribution in [0.2, 0.25) is 0 Å². The zero-order valence-electron chi connectivity index (χ0n) is 13.9. The first kappa shape index (κ1) is 16.4. The van der Waals surface area contributed by atoms with Crippen molar-refractivity contribution in [1.82, 2.24) is 15.0 Å². The number of aromatic nitrogens is 3. The molecule has 0 N–H and O–H groups in total. The first-order chi connectivity index (χ1) is 12.2. The van der Waals surface area contributed by atoms with E-state index >= 15 is 0 Å². The lowest BCUT2D eigenvalue weighted by molar-refractivity contribution is 0.412. The van der Waals surface area contributed by atoms with Gasteiger partial charge in [0.05, 0.1) is 38.1 Å². The highest BCUT2D eigenvalue weighted by Gasteiger charge is 2.08. The molecule has 0 atom stereocenters. The van der Waals surface area contributed by atoms with Crippen molar-refractivity contribution in [2.75, 3.05) is 14.2 Å². The summed E-state index contributed by atoms with van der Waals surface area (Å²) in [5, 5.41) is 9.23. The van der Waals surface area contributed by atoms with Crippen LogP contribution in [0.1, 0.15) is 17.1 Å². The molecule has 6 nitrogen and oxygen atoms in total. The highest BCUT2D eigenvalue weighted by molar-refractivity contribution is 5.64. The van der Waals surface area contributed by atoms with Crippen molar-refractivity contribution in [1.29, 1.82) is 5.26 Å². The second-order valence-corrected chi connectivity index (χ2v) is 5.25. The van der Waals surface area contributed by atoms with Gasteiger partial charge in [-0.3, -0.25) is 4.98 Å². The van der Waals surface area contributed by atoms with Gasteiger partial charge in [0.25, 0.3) is 0 Å². The molecule has 0 amide bonds. The smallest absolute Gasteiger partial charge is 0.137 e. The molecule has 0 radical (unpaired) electrons. The van der Waals surface area contributed by atoms with Gasteiger partial charge >= 0.3 is 0 Å². The Hall–Kier alpha value is -3.46. The highest BCUT2D eigenvalue weighted by atomic mass is 16.5. The van der Waals surface area contributed by atoms with Crippen molar-refractivity contribution < 1.29 is 9.47 Å². The fraction of sp³-hybridized carbons (Fsp3) is 0.158. The van der Waals surface area contributed by atoms with Gasteiger partial charge in [0.2, 0.25) is 0 Å². The first-order valence-electron chi connectivity index (χ1n) is 7.63. The van der Waals surface area contributed by atoms with Crippen LogP contribution in [-0.4, -0.2) is 29.2 Å². The third-order valence-corrected chi connectivity index (χ3v) is 3.69. The number of pyridine rings is 1. The molecule has 1 aromatic carbocycles. The summed E-state index contributed by atoms with van der Waals surface area (Å²) in [5.74, 6) is 1.91. The fourth-order valence-corrected chi connectivity index (χ4v) is 2.40. The van der Waals surface area contributed by atoms with E-state index in [2.05, 4.69) is 21.0 Å². The van der Waals surface area contributed by atoms with Crippen LogP contribution in [0.15, 0.2) is 48.8 Å². The second kappa shape index (κ2) is 7.41. The molecule has 2 heterocycles. The summed E-state index contributed by atoms with van der Waals surface area (Å²) in [6.07, 6.45) is 3.89. The molecule has 0 aliphatic carbocycles. The quantitative estimate of drug-likeness (QED) is 0.714. The summed E-state index contributed by atoms with van der Waals surface area (Å²) in [6, 6.07) is 13.1. The summed E-state index contributed by atoms with van der Waals surface area (Å²) in [5.41, 5.74) is 2.91. The Kier molecular flexibility index (Phi) is 4.86. The number of methoxy groups -OCH3 is 2. The van der Waals surface area contributed by atoms with Crippen LogP contribution < -0.4 is 9.47 Å². The minimum absolute atomic E-state index is 0.469. The molecule has 0 spiro atoms. The van der Waals surface area contributed by atoms with Gasteiger partial charge in [-0.05, 0) is 36.4 Å². The van der Waals surface area contributed by atoms with Gasteiger partial charge in [-0.1, -0.05) is 0 Å². The van der Waals surface area contributed by atoms with Crippen molar-refractivity contribution in [3.63, 3.8) is 0 Å². The standard InChI is InChI=1S/C19H16N4O2/c1-24-16-5-4-15(22-12-16)10-19-21-8-7-17(23-19)13-3-6-18(25-2)14(9-13)11-20/h3-9,12H,10H2,1-2H3. The molecule has 0 bridgehead atoms. The van der Waals surface area contributed by atoms with Crippen LogP contribution in [0.3, 0.4) is 0 Å². The number of hydrogen-bond acceptors (Lipinski definition) is 6. The van der Waals surface area contributed by atoms with Crippen molar-refractivity contribution in [2.24, 2.45) is 0 Å². The fourth-order valence-electron chi connectivity index (χ4n) is 2.40. The monoisotopic (exact) mass is 332 g/mol. The predicted molar refractivity (Wildman–Crippen MR) is 92.3 cm³/mol. The SMILES string of the molecule is COc1ccc(Cc2nccc(-c3ccc(OC)c(C#N)c3)n2)nc1. The summed E-state index contributed by atoms with van der Waals surface area (Å²) >= 11 is 0. The molecule has 25 heavy (non-hydrogen) atoms.